The summed E-state index contributed by atoms with van der Waals surface area (Å²) in [5, 5.41) is 12.9. The summed E-state index contributed by atoms with van der Waals surface area (Å²) in [6, 6.07) is 6.06. The first-order chi connectivity index (χ1) is 19.4. The van der Waals surface area contributed by atoms with Crippen LogP contribution in [0.5, 0.6) is 5.75 Å². The van der Waals surface area contributed by atoms with Gasteiger partial charge in [-0.15, -0.1) is 0 Å². The van der Waals surface area contributed by atoms with Crippen LogP contribution in [0.25, 0.3) is 32.9 Å². The van der Waals surface area contributed by atoms with E-state index in [-0.39, 0.29) is 18.4 Å². The Morgan fingerprint density at radius 3 is 2.80 bits per heavy atom. The predicted octanol–water partition coefficient (Wildman–Crippen LogP) is 3.78. The first kappa shape index (κ1) is 26.4. The Balaban J connectivity index is 1.32. The minimum absolute atomic E-state index is 0.0203. The summed E-state index contributed by atoms with van der Waals surface area (Å²) < 4.78 is 10.2. The number of aryl methyl sites for hydroxylation is 4. The molecule has 2 aromatic heterocycles. The molecule has 0 saturated carbocycles. The molecule has 40 heavy (non-hydrogen) atoms. The molecule has 1 aliphatic carbocycles. The van der Waals surface area contributed by atoms with Crippen LogP contribution >= 0.6 is 0 Å². The Morgan fingerprint density at radius 1 is 1.15 bits per heavy atom. The lowest BCUT2D eigenvalue weighted by atomic mass is 9.82. The van der Waals surface area contributed by atoms with Crippen molar-refractivity contribution in [3.05, 3.63) is 46.8 Å². The van der Waals surface area contributed by atoms with Crippen molar-refractivity contribution < 1.29 is 14.3 Å². The number of aromatic nitrogens is 3. The number of rotatable bonds is 10. The number of hydrogen-bond donors (Lipinski definition) is 2. The maximum atomic E-state index is 13.2. The molecule has 9 heteroatoms. The zero-order chi connectivity index (χ0) is 28.0. The van der Waals surface area contributed by atoms with Crippen molar-refractivity contribution in [3.8, 4) is 16.9 Å². The first-order valence-corrected chi connectivity index (χ1v) is 14.4. The summed E-state index contributed by atoms with van der Waals surface area (Å²) in [4.78, 5) is 27.8. The molecule has 2 aliphatic rings. The third-order valence-electron chi connectivity index (χ3n) is 8.21. The van der Waals surface area contributed by atoms with Crippen LogP contribution < -0.4 is 15.4 Å². The summed E-state index contributed by atoms with van der Waals surface area (Å²) >= 11 is 0. The van der Waals surface area contributed by atoms with E-state index >= 15 is 0 Å². The second-order valence-corrected chi connectivity index (χ2v) is 11.2. The molecule has 0 fully saturated rings. The molecular formula is C31H38N6O3. The molecule has 3 heterocycles. The highest BCUT2D eigenvalue weighted by Gasteiger charge is 2.35. The van der Waals surface area contributed by atoms with Gasteiger partial charge in [0.1, 0.15) is 5.75 Å². The summed E-state index contributed by atoms with van der Waals surface area (Å²) in [6.45, 7) is 5.18. The molecule has 0 spiro atoms. The Labute approximate surface area is 234 Å². The van der Waals surface area contributed by atoms with Gasteiger partial charge in [-0.3, -0.25) is 14.3 Å². The van der Waals surface area contributed by atoms with Gasteiger partial charge in [-0.05, 0) is 82.6 Å². The molecule has 0 saturated heterocycles. The fraction of sp³-hybridized carbons (Fsp3) is 0.452. The number of ether oxygens (including phenoxy) is 1. The van der Waals surface area contributed by atoms with E-state index in [4.69, 9.17) is 4.74 Å². The highest BCUT2D eigenvalue weighted by Crippen LogP contribution is 2.47. The first-order valence-electron chi connectivity index (χ1n) is 14.4. The van der Waals surface area contributed by atoms with E-state index in [0.717, 1.165) is 89.4 Å². The van der Waals surface area contributed by atoms with Gasteiger partial charge in [0.15, 0.2) is 6.61 Å². The van der Waals surface area contributed by atoms with Crippen LogP contribution in [0.3, 0.4) is 0 Å². The summed E-state index contributed by atoms with van der Waals surface area (Å²) in [7, 11) is 6.09. The van der Waals surface area contributed by atoms with E-state index in [1.807, 2.05) is 30.1 Å². The SMILES string of the molecule is CCn1c2ccc(OCC(=O)NCCCCCN(C)C)cc2c2c3c(c4c(c21)CCc1nn(C)cc1-4)C(=O)NC3. The van der Waals surface area contributed by atoms with Crippen LogP contribution in [0.2, 0.25) is 0 Å². The fourth-order valence-electron chi connectivity index (χ4n) is 6.47. The third-order valence-corrected chi connectivity index (χ3v) is 8.21. The molecule has 2 aromatic carbocycles. The maximum Gasteiger partial charge on any atom is 0.257 e. The third kappa shape index (κ3) is 4.52. The van der Waals surface area contributed by atoms with Crippen molar-refractivity contribution in [2.45, 2.75) is 52.1 Å². The standard InChI is InChI=1S/C31H38N6O3/c1-5-37-25-12-9-19(40-18-26(38)32-13-7-6-8-14-35(2)3)15-21(25)28-22-16-33-31(39)29(22)27-20(30(28)37)10-11-24-23(27)17-36(4)34-24/h9,12,15,17H,5-8,10-11,13-14,16,18H2,1-4H3,(H,32,38)(H,33,39). The molecule has 0 radical (unpaired) electrons. The molecule has 9 nitrogen and oxygen atoms in total. The molecular weight excluding hydrogens is 504 g/mol. The minimum Gasteiger partial charge on any atom is -0.484 e. The van der Waals surface area contributed by atoms with Crippen molar-refractivity contribution >= 4 is 33.6 Å². The highest BCUT2D eigenvalue weighted by molar-refractivity contribution is 6.19. The van der Waals surface area contributed by atoms with E-state index in [0.29, 0.717) is 18.8 Å². The van der Waals surface area contributed by atoms with E-state index in [9.17, 15) is 9.59 Å². The van der Waals surface area contributed by atoms with E-state index in [2.05, 4.69) is 52.3 Å². The van der Waals surface area contributed by atoms with Gasteiger partial charge in [0.05, 0.1) is 16.8 Å². The smallest absolute Gasteiger partial charge is 0.257 e. The van der Waals surface area contributed by atoms with E-state index < -0.39 is 0 Å². The number of benzene rings is 2. The summed E-state index contributed by atoms with van der Waals surface area (Å²) in [6.07, 6.45) is 6.91. The molecule has 6 rings (SSSR count). The second kappa shape index (κ2) is 10.6. The van der Waals surface area contributed by atoms with Gasteiger partial charge >= 0.3 is 0 Å². The van der Waals surface area contributed by atoms with Gasteiger partial charge in [0, 0.05) is 60.3 Å². The predicted molar refractivity (Wildman–Crippen MR) is 157 cm³/mol. The van der Waals surface area contributed by atoms with Crippen molar-refractivity contribution in [2.24, 2.45) is 7.05 Å². The Bertz CT molecular complexity index is 1630. The largest absolute Gasteiger partial charge is 0.484 e. The van der Waals surface area contributed by atoms with E-state index in [1.165, 1.54) is 11.1 Å². The molecule has 0 atom stereocenters. The van der Waals surface area contributed by atoms with Gasteiger partial charge in [-0.2, -0.15) is 5.10 Å². The highest BCUT2D eigenvalue weighted by atomic mass is 16.5. The van der Waals surface area contributed by atoms with Crippen molar-refractivity contribution in [1.82, 2.24) is 29.9 Å². The lowest BCUT2D eigenvalue weighted by Crippen LogP contribution is -2.29. The number of fused-ring (bicyclic) bond motifs is 10. The average Bonchev–Trinajstić information content (AvgIpc) is 3.61. The van der Waals surface area contributed by atoms with Gasteiger partial charge < -0.3 is 24.8 Å². The van der Waals surface area contributed by atoms with Crippen LogP contribution in [0.1, 0.15) is 53.4 Å². The number of amides is 2. The Morgan fingerprint density at radius 2 is 2.00 bits per heavy atom. The van der Waals surface area contributed by atoms with Gasteiger partial charge in [0.25, 0.3) is 11.8 Å². The average molecular weight is 543 g/mol. The van der Waals surface area contributed by atoms with Gasteiger partial charge in [-0.1, -0.05) is 6.42 Å². The zero-order valence-corrected chi connectivity index (χ0v) is 23.9. The number of carbonyl (C=O) groups excluding carboxylic acids is 2. The fourth-order valence-corrected chi connectivity index (χ4v) is 6.47. The molecule has 0 unspecified atom stereocenters. The molecule has 2 N–H and O–H groups in total. The monoisotopic (exact) mass is 542 g/mol. The number of carbonyl (C=O) groups is 2. The van der Waals surface area contributed by atoms with Crippen LogP contribution in [0, 0.1) is 0 Å². The quantitative estimate of drug-likeness (QED) is 0.298. The molecule has 0 bridgehead atoms. The van der Waals surface area contributed by atoms with Crippen LogP contribution in [0.4, 0.5) is 0 Å². The van der Waals surface area contributed by atoms with Crippen molar-refractivity contribution in [1.29, 1.82) is 0 Å². The number of hydrogen-bond acceptors (Lipinski definition) is 5. The van der Waals surface area contributed by atoms with Crippen molar-refractivity contribution in [2.75, 3.05) is 33.8 Å². The molecule has 1 aliphatic heterocycles. The number of unbranched alkanes of at least 4 members (excludes halogenated alkanes) is 2. The Kier molecular flexibility index (Phi) is 7.00. The Hall–Kier alpha value is -3.85. The number of nitrogens with one attached hydrogen (secondary N) is 2. The van der Waals surface area contributed by atoms with Crippen LogP contribution in [-0.2, 0) is 37.8 Å². The maximum absolute atomic E-state index is 13.2. The molecule has 2 amide bonds. The number of nitrogens with zero attached hydrogens (tertiary/aromatic N) is 4. The minimum atomic E-state index is -0.110. The van der Waals surface area contributed by atoms with Crippen molar-refractivity contribution in [3.63, 3.8) is 0 Å². The summed E-state index contributed by atoms with van der Waals surface area (Å²) in [5.74, 6) is 0.524. The van der Waals surface area contributed by atoms with E-state index in [1.54, 1.807) is 0 Å². The topological polar surface area (TPSA) is 93.4 Å². The lowest BCUT2D eigenvalue weighted by Gasteiger charge is -2.21. The lowest BCUT2D eigenvalue weighted by molar-refractivity contribution is -0.123. The zero-order valence-electron chi connectivity index (χ0n) is 23.9. The second-order valence-electron chi connectivity index (χ2n) is 11.2. The van der Waals surface area contributed by atoms with Gasteiger partial charge in [-0.25, -0.2) is 0 Å². The molecule has 4 aromatic rings. The summed E-state index contributed by atoms with van der Waals surface area (Å²) in [5.41, 5.74) is 8.51. The van der Waals surface area contributed by atoms with Crippen LogP contribution in [0.15, 0.2) is 24.4 Å². The van der Waals surface area contributed by atoms with Gasteiger partial charge in [0.2, 0.25) is 0 Å². The van der Waals surface area contributed by atoms with Crippen LogP contribution in [-0.4, -0.2) is 64.9 Å². The normalized spacial score (nSPS) is 14.0. The molecule has 210 valence electrons.